The van der Waals surface area contributed by atoms with Gasteiger partial charge in [-0.05, 0) is 30.5 Å². The molecule has 1 aromatic rings. The van der Waals surface area contributed by atoms with Crippen molar-refractivity contribution in [2.45, 2.75) is 45.4 Å². The molecule has 0 heterocycles. The zero-order valence-corrected chi connectivity index (χ0v) is 13.8. The van der Waals surface area contributed by atoms with Crippen LogP contribution >= 0.6 is 0 Å². The molecule has 0 radical (unpaired) electrons. The number of Topliss-reactive ketones (excluding diaryl/α,β-unsaturated/α-hetero) is 1. The summed E-state index contributed by atoms with van der Waals surface area (Å²) in [6, 6.07) is 3.77. The Bertz CT molecular complexity index is 623. The van der Waals surface area contributed by atoms with Gasteiger partial charge < -0.3 is 10.1 Å². The first-order valence-corrected chi connectivity index (χ1v) is 8.21. The SMILES string of the molecule is CC(=O)Nc1ccc(C(=O)COC(=O)CCC2CCCC2)c(F)c1. The van der Waals surface area contributed by atoms with E-state index in [-0.39, 0.29) is 17.2 Å². The first kappa shape index (κ1) is 18.1. The van der Waals surface area contributed by atoms with Crippen LogP contribution in [0, 0.1) is 11.7 Å². The maximum absolute atomic E-state index is 13.9. The summed E-state index contributed by atoms with van der Waals surface area (Å²) in [7, 11) is 0. The maximum Gasteiger partial charge on any atom is 0.306 e. The Morgan fingerprint density at radius 2 is 1.96 bits per heavy atom. The Morgan fingerprint density at radius 1 is 1.25 bits per heavy atom. The van der Waals surface area contributed by atoms with Crippen molar-refractivity contribution in [1.29, 1.82) is 0 Å². The van der Waals surface area contributed by atoms with Crippen molar-refractivity contribution < 1.29 is 23.5 Å². The molecule has 1 aromatic carbocycles. The number of esters is 1. The minimum Gasteiger partial charge on any atom is -0.457 e. The molecule has 1 aliphatic rings. The number of hydrogen-bond donors (Lipinski definition) is 1. The van der Waals surface area contributed by atoms with E-state index in [0.29, 0.717) is 12.3 Å². The molecule has 0 unspecified atom stereocenters. The number of ketones is 1. The van der Waals surface area contributed by atoms with Crippen molar-refractivity contribution in [3.8, 4) is 0 Å². The van der Waals surface area contributed by atoms with Crippen molar-refractivity contribution in [3.05, 3.63) is 29.6 Å². The van der Waals surface area contributed by atoms with Crippen LogP contribution in [0.25, 0.3) is 0 Å². The Hall–Kier alpha value is -2.24. The highest BCUT2D eigenvalue weighted by atomic mass is 19.1. The summed E-state index contributed by atoms with van der Waals surface area (Å²) in [5.74, 6) is -1.54. The molecule has 2 rings (SSSR count). The Morgan fingerprint density at radius 3 is 2.58 bits per heavy atom. The first-order chi connectivity index (χ1) is 11.5. The Labute approximate surface area is 140 Å². The van der Waals surface area contributed by atoms with Gasteiger partial charge in [0.05, 0.1) is 5.56 Å². The molecule has 0 atom stereocenters. The zero-order valence-electron chi connectivity index (χ0n) is 13.8. The molecule has 0 bridgehead atoms. The highest BCUT2D eigenvalue weighted by Gasteiger charge is 2.18. The number of rotatable bonds is 7. The Balaban J connectivity index is 1.81. The van der Waals surface area contributed by atoms with Gasteiger partial charge >= 0.3 is 5.97 Å². The molecule has 24 heavy (non-hydrogen) atoms. The third-order valence-electron chi connectivity index (χ3n) is 4.19. The van der Waals surface area contributed by atoms with Gasteiger partial charge in [0.1, 0.15) is 5.82 Å². The van der Waals surface area contributed by atoms with Gasteiger partial charge in [-0.2, -0.15) is 0 Å². The normalized spacial score (nSPS) is 14.4. The lowest BCUT2D eigenvalue weighted by Gasteiger charge is -2.09. The fourth-order valence-electron chi connectivity index (χ4n) is 2.94. The number of hydrogen-bond acceptors (Lipinski definition) is 4. The number of ether oxygens (including phenoxy) is 1. The fraction of sp³-hybridized carbons (Fsp3) is 0.500. The molecule has 1 amide bonds. The average molecular weight is 335 g/mol. The summed E-state index contributed by atoms with van der Waals surface area (Å²) in [5, 5.41) is 2.43. The van der Waals surface area contributed by atoms with Gasteiger partial charge in [-0.1, -0.05) is 25.7 Å². The molecule has 0 aromatic heterocycles. The number of amides is 1. The molecule has 5 nitrogen and oxygen atoms in total. The first-order valence-electron chi connectivity index (χ1n) is 8.21. The largest absolute Gasteiger partial charge is 0.457 e. The quantitative estimate of drug-likeness (QED) is 0.611. The molecule has 1 aliphatic carbocycles. The second-order valence-corrected chi connectivity index (χ2v) is 6.15. The van der Waals surface area contributed by atoms with Gasteiger partial charge in [-0.15, -0.1) is 0 Å². The van der Waals surface area contributed by atoms with Crippen LogP contribution in [-0.4, -0.2) is 24.3 Å². The minimum absolute atomic E-state index is 0.160. The molecular weight excluding hydrogens is 313 g/mol. The number of nitrogens with one attached hydrogen (secondary N) is 1. The number of carbonyl (C=O) groups excluding carboxylic acids is 3. The summed E-state index contributed by atoms with van der Waals surface area (Å²) in [5.41, 5.74) is 0.109. The van der Waals surface area contributed by atoms with Crippen molar-refractivity contribution in [3.63, 3.8) is 0 Å². The van der Waals surface area contributed by atoms with E-state index in [2.05, 4.69) is 5.32 Å². The van der Waals surface area contributed by atoms with Crippen molar-refractivity contribution in [2.75, 3.05) is 11.9 Å². The molecule has 0 spiro atoms. The van der Waals surface area contributed by atoms with E-state index in [1.165, 1.54) is 31.9 Å². The third-order valence-corrected chi connectivity index (χ3v) is 4.19. The minimum atomic E-state index is -0.756. The second kappa shape index (κ2) is 8.57. The molecule has 1 N–H and O–H groups in total. The molecular formula is C18H22FNO4. The number of halogens is 1. The smallest absolute Gasteiger partial charge is 0.306 e. The van der Waals surface area contributed by atoms with Crippen LogP contribution in [-0.2, 0) is 14.3 Å². The van der Waals surface area contributed by atoms with Crippen LogP contribution in [0.2, 0.25) is 0 Å². The van der Waals surface area contributed by atoms with E-state index in [1.54, 1.807) is 0 Å². The monoisotopic (exact) mass is 335 g/mol. The maximum atomic E-state index is 13.9. The summed E-state index contributed by atoms with van der Waals surface area (Å²) in [4.78, 5) is 34.6. The molecule has 1 saturated carbocycles. The van der Waals surface area contributed by atoms with Crippen molar-refractivity contribution in [2.24, 2.45) is 5.92 Å². The van der Waals surface area contributed by atoms with E-state index in [9.17, 15) is 18.8 Å². The van der Waals surface area contributed by atoms with Gasteiger partial charge in [0.25, 0.3) is 0 Å². The van der Waals surface area contributed by atoms with Crippen LogP contribution in [0.3, 0.4) is 0 Å². The number of carbonyl (C=O) groups is 3. The van der Waals surface area contributed by atoms with Gasteiger partial charge in [0.15, 0.2) is 6.61 Å². The lowest BCUT2D eigenvalue weighted by atomic mass is 10.0. The van der Waals surface area contributed by atoms with Gasteiger partial charge in [-0.25, -0.2) is 4.39 Å². The second-order valence-electron chi connectivity index (χ2n) is 6.15. The summed E-state index contributed by atoms with van der Waals surface area (Å²) in [6.45, 7) is 0.835. The van der Waals surface area contributed by atoms with Gasteiger partial charge in [-0.3, -0.25) is 14.4 Å². The van der Waals surface area contributed by atoms with Crippen LogP contribution in [0.5, 0.6) is 0 Å². The van der Waals surface area contributed by atoms with Crippen LogP contribution < -0.4 is 5.32 Å². The fourth-order valence-corrected chi connectivity index (χ4v) is 2.94. The standard InChI is InChI=1S/C18H22FNO4/c1-12(21)20-14-7-8-15(16(19)10-14)17(22)11-24-18(23)9-6-13-4-2-3-5-13/h7-8,10,13H,2-6,9,11H2,1H3,(H,20,21). The van der Waals surface area contributed by atoms with E-state index in [4.69, 9.17) is 4.74 Å². The number of benzene rings is 1. The zero-order chi connectivity index (χ0) is 17.5. The summed E-state index contributed by atoms with van der Waals surface area (Å²) in [6.07, 6.45) is 5.81. The topological polar surface area (TPSA) is 72.5 Å². The summed E-state index contributed by atoms with van der Waals surface area (Å²) < 4.78 is 18.9. The van der Waals surface area contributed by atoms with Crippen molar-refractivity contribution in [1.82, 2.24) is 0 Å². The predicted octanol–water partition coefficient (Wildman–Crippen LogP) is 3.48. The highest BCUT2D eigenvalue weighted by molar-refractivity contribution is 5.99. The van der Waals surface area contributed by atoms with Gasteiger partial charge in [0, 0.05) is 19.0 Å². The number of anilines is 1. The molecule has 0 saturated heterocycles. The molecule has 0 aliphatic heterocycles. The molecule has 130 valence electrons. The van der Waals surface area contributed by atoms with E-state index >= 15 is 0 Å². The van der Waals surface area contributed by atoms with Crippen LogP contribution in [0.1, 0.15) is 55.8 Å². The van der Waals surface area contributed by atoms with E-state index < -0.39 is 24.2 Å². The highest BCUT2D eigenvalue weighted by Crippen LogP contribution is 2.28. The van der Waals surface area contributed by atoms with E-state index in [0.717, 1.165) is 25.3 Å². The van der Waals surface area contributed by atoms with E-state index in [1.807, 2.05) is 0 Å². The Kier molecular flexibility index (Phi) is 6.46. The predicted molar refractivity (Wildman–Crippen MR) is 87.2 cm³/mol. The third kappa shape index (κ3) is 5.44. The lowest BCUT2D eigenvalue weighted by Crippen LogP contribution is -2.16. The molecule has 1 fully saturated rings. The average Bonchev–Trinajstić information content (AvgIpc) is 3.03. The molecule has 6 heteroatoms. The summed E-state index contributed by atoms with van der Waals surface area (Å²) >= 11 is 0. The van der Waals surface area contributed by atoms with Crippen molar-refractivity contribution >= 4 is 23.3 Å². The van der Waals surface area contributed by atoms with Crippen LogP contribution in [0.15, 0.2) is 18.2 Å². The van der Waals surface area contributed by atoms with Gasteiger partial charge in [0.2, 0.25) is 11.7 Å². The van der Waals surface area contributed by atoms with Crippen LogP contribution in [0.4, 0.5) is 10.1 Å². The lowest BCUT2D eigenvalue weighted by molar-refractivity contribution is -0.142.